The van der Waals surface area contributed by atoms with Crippen LogP contribution in [0.5, 0.6) is 0 Å². The minimum atomic E-state index is -4.55. The predicted octanol–water partition coefficient (Wildman–Crippen LogP) is 2.43. The van der Waals surface area contributed by atoms with Crippen molar-refractivity contribution in [2.24, 2.45) is 0 Å². The number of nitrogens with one attached hydrogen (secondary N) is 1. The van der Waals surface area contributed by atoms with Crippen LogP contribution in [0.4, 0.5) is 13.2 Å². The fourth-order valence-electron chi connectivity index (χ4n) is 1.39. The Hall–Kier alpha value is -0.640. The SMILES string of the molecule is CC(C)NCc1ccc(S(=O)(=O)N(C)CC(F)(F)F)s1. The minimum absolute atomic E-state index is 0.0789. The smallest absolute Gasteiger partial charge is 0.310 e. The van der Waals surface area contributed by atoms with Crippen molar-refractivity contribution in [2.45, 2.75) is 36.8 Å². The van der Waals surface area contributed by atoms with Gasteiger partial charge in [0, 0.05) is 24.5 Å². The molecule has 0 radical (unpaired) electrons. The van der Waals surface area contributed by atoms with Gasteiger partial charge in [0.2, 0.25) is 0 Å². The normalized spacial score (nSPS) is 13.4. The molecule has 4 nitrogen and oxygen atoms in total. The van der Waals surface area contributed by atoms with E-state index in [1.807, 2.05) is 13.8 Å². The summed E-state index contributed by atoms with van der Waals surface area (Å²) in [4.78, 5) is 0.762. The van der Waals surface area contributed by atoms with Gasteiger partial charge in [0.1, 0.15) is 10.8 Å². The third-order valence-electron chi connectivity index (χ3n) is 2.39. The Morgan fingerprint density at radius 2 is 1.95 bits per heavy atom. The molecule has 0 saturated heterocycles. The molecule has 1 rings (SSSR count). The third-order valence-corrected chi connectivity index (χ3v) is 5.74. The summed E-state index contributed by atoms with van der Waals surface area (Å²) in [6.45, 7) is 2.89. The van der Waals surface area contributed by atoms with Crippen molar-refractivity contribution in [1.29, 1.82) is 0 Å². The summed E-state index contributed by atoms with van der Waals surface area (Å²) in [5.41, 5.74) is 0. The van der Waals surface area contributed by atoms with Gasteiger partial charge in [-0.25, -0.2) is 8.42 Å². The van der Waals surface area contributed by atoms with Crippen LogP contribution in [0.2, 0.25) is 0 Å². The zero-order valence-electron chi connectivity index (χ0n) is 11.4. The summed E-state index contributed by atoms with van der Waals surface area (Å²) in [6.07, 6.45) is -4.55. The lowest BCUT2D eigenvalue weighted by Gasteiger charge is -2.17. The van der Waals surface area contributed by atoms with Crippen LogP contribution in [0.3, 0.4) is 0 Å². The maximum atomic E-state index is 12.3. The average Bonchev–Trinajstić information content (AvgIpc) is 2.72. The lowest BCUT2D eigenvalue weighted by atomic mass is 10.4. The average molecular weight is 330 g/mol. The second-order valence-electron chi connectivity index (χ2n) is 4.63. The standard InChI is InChI=1S/C11H17F3N2O2S2/c1-8(2)15-6-9-4-5-10(19-9)20(17,18)16(3)7-11(12,13)14/h4-5,8,15H,6-7H2,1-3H3. The van der Waals surface area contributed by atoms with Crippen molar-refractivity contribution in [1.82, 2.24) is 9.62 Å². The van der Waals surface area contributed by atoms with E-state index < -0.39 is 22.7 Å². The van der Waals surface area contributed by atoms with Gasteiger partial charge >= 0.3 is 6.18 Å². The molecule has 0 unspecified atom stereocenters. The van der Waals surface area contributed by atoms with Crippen LogP contribution in [0.15, 0.2) is 16.3 Å². The van der Waals surface area contributed by atoms with Crippen molar-refractivity contribution < 1.29 is 21.6 Å². The molecule has 1 N–H and O–H groups in total. The second kappa shape index (κ2) is 6.42. The lowest BCUT2D eigenvalue weighted by Crippen LogP contribution is -2.35. The number of thiophene rings is 1. The monoisotopic (exact) mass is 330 g/mol. The van der Waals surface area contributed by atoms with Crippen molar-refractivity contribution >= 4 is 21.4 Å². The van der Waals surface area contributed by atoms with Gasteiger partial charge in [-0.3, -0.25) is 0 Å². The first kappa shape index (κ1) is 17.4. The summed E-state index contributed by atoms with van der Waals surface area (Å²) < 4.78 is 61.0. The summed E-state index contributed by atoms with van der Waals surface area (Å²) >= 11 is 0.977. The van der Waals surface area contributed by atoms with E-state index in [1.165, 1.54) is 6.07 Å². The topological polar surface area (TPSA) is 49.4 Å². The van der Waals surface area contributed by atoms with Crippen molar-refractivity contribution in [3.63, 3.8) is 0 Å². The lowest BCUT2D eigenvalue weighted by molar-refractivity contribution is -0.134. The van der Waals surface area contributed by atoms with Crippen LogP contribution < -0.4 is 5.32 Å². The molecule has 1 aromatic rings. The Labute approximate surface area is 120 Å². The fourth-order valence-corrected chi connectivity index (χ4v) is 4.06. The minimum Gasteiger partial charge on any atom is -0.310 e. The number of alkyl halides is 3. The molecule has 0 saturated carbocycles. The molecule has 1 heterocycles. The van der Waals surface area contributed by atoms with Crippen LogP contribution in [0.1, 0.15) is 18.7 Å². The van der Waals surface area contributed by atoms with Gasteiger partial charge < -0.3 is 5.32 Å². The summed E-state index contributed by atoms with van der Waals surface area (Å²) in [5, 5.41) is 3.12. The fraction of sp³-hybridized carbons (Fsp3) is 0.636. The first-order chi connectivity index (χ1) is 9.02. The van der Waals surface area contributed by atoms with Crippen LogP contribution in [0.25, 0.3) is 0 Å². The molecular weight excluding hydrogens is 313 g/mol. The van der Waals surface area contributed by atoms with Crippen LogP contribution in [-0.4, -0.2) is 38.5 Å². The molecule has 0 bridgehead atoms. The maximum absolute atomic E-state index is 12.3. The molecule has 0 aliphatic carbocycles. The molecule has 0 aliphatic heterocycles. The van der Waals surface area contributed by atoms with E-state index in [2.05, 4.69) is 5.32 Å². The molecule has 9 heteroatoms. The van der Waals surface area contributed by atoms with E-state index in [1.54, 1.807) is 6.07 Å². The number of rotatable bonds is 6. The van der Waals surface area contributed by atoms with E-state index >= 15 is 0 Å². The molecule has 0 spiro atoms. The maximum Gasteiger partial charge on any atom is 0.402 e. The van der Waals surface area contributed by atoms with E-state index in [9.17, 15) is 21.6 Å². The Morgan fingerprint density at radius 1 is 1.35 bits per heavy atom. The highest BCUT2D eigenvalue weighted by Crippen LogP contribution is 2.26. The van der Waals surface area contributed by atoms with Gasteiger partial charge in [-0.15, -0.1) is 11.3 Å². The predicted molar refractivity (Wildman–Crippen MR) is 72.2 cm³/mol. The zero-order valence-corrected chi connectivity index (χ0v) is 13.0. The molecule has 1 aromatic heterocycles. The van der Waals surface area contributed by atoms with Gasteiger partial charge in [0.25, 0.3) is 10.0 Å². The van der Waals surface area contributed by atoms with Crippen molar-refractivity contribution in [3.05, 3.63) is 17.0 Å². The van der Waals surface area contributed by atoms with Gasteiger partial charge in [-0.1, -0.05) is 13.8 Å². The van der Waals surface area contributed by atoms with Crippen LogP contribution >= 0.6 is 11.3 Å². The second-order valence-corrected chi connectivity index (χ2v) is 8.07. The molecule has 0 fully saturated rings. The highest BCUT2D eigenvalue weighted by Gasteiger charge is 2.35. The molecule has 0 amide bonds. The van der Waals surface area contributed by atoms with Gasteiger partial charge in [0.05, 0.1) is 0 Å². The number of nitrogens with zero attached hydrogens (tertiary/aromatic N) is 1. The Morgan fingerprint density at radius 3 is 2.45 bits per heavy atom. The quantitative estimate of drug-likeness (QED) is 0.871. The molecule has 0 atom stereocenters. The number of hydrogen-bond acceptors (Lipinski definition) is 4. The van der Waals surface area contributed by atoms with E-state index in [-0.39, 0.29) is 10.3 Å². The third kappa shape index (κ3) is 5.04. The molecule has 20 heavy (non-hydrogen) atoms. The number of hydrogen-bond donors (Lipinski definition) is 1. The zero-order chi connectivity index (χ0) is 15.6. The Kier molecular flexibility index (Phi) is 5.59. The number of halogens is 3. The first-order valence-corrected chi connectivity index (χ1v) is 8.13. The summed E-state index contributed by atoms with van der Waals surface area (Å²) in [7, 11) is -3.16. The molecule has 0 aromatic carbocycles. The Bertz CT molecular complexity index is 538. The largest absolute Gasteiger partial charge is 0.402 e. The Balaban J connectivity index is 2.83. The van der Waals surface area contributed by atoms with Gasteiger partial charge in [-0.05, 0) is 12.1 Å². The van der Waals surface area contributed by atoms with Crippen molar-refractivity contribution in [3.8, 4) is 0 Å². The molecule has 116 valence electrons. The van der Waals surface area contributed by atoms with Gasteiger partial charge in [0.15, 0.2) is 0 Å². The van der Waals surface area contributed by atoms with Crippen LogP contribution in [-0.2, 0) is 16.6 Å². The highest BCUT2D eigenvalue weighted by atomic mass is 32.2. The summed E-state index contributed by atoms with van der Waals surface area (Å²) in [5.74, 6) is 0. The van der Waals surface area contributed by atoms with E-state index in [0.29, 0.717) is 10.8 Å². The van der Waals surface area contributed by atoms with Gasteiger partial charge in [-0.2, -0.15) is 17.5 Å². The molecular formula is C11H17F3N2O2S2. The van der Waals surface area contributed by atoms with E-state index in [0.717, 1.165) is 23.3 Å². The van der Waals surface area contributed by atoms with E-state index in [4.69, 9.17) is 0 Å². The molecule has 0 aliphatic rings. The number of sulfonamides is 1. The first-order valence-electron chi connectivity index (χ1n) is 5.87. The highest BCUT2D eigenvalue weighted by molar-refractivity contribution is 7.91. The summed E-state index contributed by atoms with van der Waals surface area (Å²) in [6, 6.07) is 3.18. The van der Waals surface area contributed by atoms with Crippen molar-refractivity contribution in [2.75, 3.05) is 13.6 Å². The van der Waals surface area contributed by atoms with Crippen LogP contribution in [0, 0.1) is 0 Å².